The van der Waals surface area contributed by atoms with Crippen LogP contribution in [0.5, 0.6) is 0 Å². The molecule has 2 heterocycles. The maximum atomic E-state index is 14.2. The second-order valence-electron chi connectivity index (χ2n) is 10.1. The van der Waals surface area contributed by atoms with Gasteiger partial charge in [0.25, 0.3) is 17.7 Å². The SMILES string of the molecule is CCN1C(=O)[C@@H](NC(=O)c2cccc(C(F)(F)F)c2)[C@@H](c2ccc(F)cc2)c2c(CNC(=O)C(Cl)Cl)nn(-c3ccccc3)c21. The predicted octanol–water partition coefficient (Wildman–Crippen LogP) is 5.75. The zero-order valence-corrected chi connectivity index (χ0v) is 25.0. The molecule has 0 fully saturated rings. The molecule has 0 spiro atoms. The van der Waals surface area contributed by atoms with Crippen LogP contribution >= 0.6 is 23.2 Å². The van der Waals surface area contributed by atoms with Crippen LogP contribution in [0.4, 0.5) is 23.4 Å². The zero-order valence-electron chi connectivity index (χ0n) is 23.5. The van der Waals surface area contributed by atoms with Crippen molar-refractivity contribution in [1.82, 2.24) is 20.4 Å². The van der Waals surface area contributed by atoms with E-state index in [9.17, 15) is 31.9 Å². The number of carbonyl (C=O) groups excluding carboxylic acids is 3. The summed E-state index contributed by atoms with van der Waals surface area (Å²) in [5.41, 5.74) is 0.346. The van der Waals surface area contributed by atoms with E-state index in [-0.39, 0.29) is 24.3 Å². The number of hydrogen-bond donors (Lipinski definition) is 2. The molecule has 1 aliphatic heterocycles. The molecule has 0 aliphatic carbocycles. The highest BCUT2D eigenvalue weighted by atomic mass is 35.5. The fraction of sp³-hybridized carbons (Fsp3) is 0.226. The van der Waals surface area contributed by atoms with Gasteiger partial charge in [-0.2, -0.15) is 18.3 Å². The predicted molar refractivity (Wildman–Crippen MR) is 160 cm³/mol. The Labute approximate surface area is 264 Å². The molecule has 0 bridgehead atoms. The molecule has 0 saturated heterocycles. The minimum atomic E-state index is -4.70. The average molecular weight is 662 g/mol. The number of carbonyl (C=O) groups is 3. The third kappa shape index (κ3) is 6.52. The molecule has 0 unspecified atom stereocenters. The minimum Gasteiger partial charge on any atom is -0.348 e. The van der Waals surface area contributed by atoms with Crippen molar-refractivity contribution in [2.24, 2.45) is 0 Å². The van der Waals surface area contributed by atoms with Crippen molar-refractivity contribution in [3.63, 3.8) is 0 Å². The van der Waals surface area contributed by atoms with E-state index in [1.54, 1.807) is 37.3 Å². The number of halogens is 6. The van der Waals surface area contributed by atoms with Crippen LogP contribution in [0.1, 0.15) is 45.6 Å². The van der Waals surface area contributed by atoms with Gasteiger partial charge < -0.3 is 10.6 Å². The van der Waals surface area contributed by atoms with Gasteiger partial charge in [0.05, 0.1) is 23.5 Å². The first-order valence-corrected chi connectivity index (χ1v) is 14.6. The summed E-state index contributed by atoms with van der Waals surface area (Å²) in [7, 11) is 0. The summed E-state index contributed by atoms with van der Waals surface area (Å²) in [5.74, 6) is -3.42. The van der Waals surface area contributed by atoms with Gasteiger partial charge >= 0.3 is 6.18 Å². The van der Waals surface area contributed by atoms with Crippen molar-refractivity contribution in [2.45, 2.75) is 36.4 Å². The van der Waals surface area contributed by atoms with E-state index in [2.05, 4.69) is 10.6 Å². The fourth-order valence-corrected chi connectivity index (χ4v) is 5.45. The Morgan fingerprint density at radius 2 is 1.69 bits per heavy atom. The number of para-hydroxylation sites is 1. The first-order chi connectivity index (χ1) is 21.4. The molecule has 3 aromatic carbocycles. The number of anilines is 1. The number of hydrogen-bond acceptors (Lipinski definition) is 4. The Kier molecular flexibility index (Phi) is 9.17. The van der Waals surface area contributed by atoms with Crippen molar-refractivity contribution < 1.29 is 31.9 Å². The van der Waals surface area contributed by atoms with Crippen molar-refractivity contribution in [3.05, 3.63) is 113 Å². The van der Waals surface area contributed by atoms with E-state index < -0.39 is 52.1 Å². The number of benzene rings is 3. The number of likely N-dealkylation sites (N-methyl/N-ethyl adjacent to an activating group) is 1. The topological polar surface area (TPSA) is 96.3 Å². The minimum absolute atomic E-state index is 0.119. The summed E-state index contributed by atoms with van der Waals surface area (Å²) in [4.78, 5) is 40.0. The zero-order chi connectivity index (χ0) is 32.5. The molecule has 1 aliphatic rings. The Morgan fingerprint density at radius 1 is 1.00 bits per heavy atom. The molecule has 3 amide bonds. The largest absolute Gasteiger partial charge is 0.416 e. The van der Waals surface area contributed by atoms with Gasteiger partial charge in [0.2, 0.25) is 0 Å². The number of nitrogens with one attached hydrogen (secondary N) is 2. The molecule has 2 atom stereocenters. The summed E-state index contributed by atoms with van der Waals surface area (Å²) < 4.78 is 55.8. The Morgan fingerprint density at radius 3 is 2.31 bits per heavy atom. The summed E-state index contributed by atoms with van der Waals surface area (Å²) >= 11 is 11.5. The maximum Gasteiger partial charge on any atom is 0.416 e. The van der Waals surface area contributed by atoms with Crippen LogP contribution in [0.3, 0.4) is 0 Å². The second kappa shape index (κ2) is 12.9. The third-order valence-corrected chi connectivity index (χ3v) is 7.71. The van der Waals surface area contributed by atoms with Gasteiger partial charge in [-0.05, 0) is 55.0 Å². The lowest BCUT2D eigenvalue weighted by Gasteiger charge is -2.38. The van der Waals surface area contributed by atoms with E-state index in [0.29, 0.717) is 28.7 Å². The third-order valence-electron chi connectivity index (χ3n) is 7.32. The molecule has 4 aromatic rings. The molecule has 1 aromatic heterocycles. The summed E-state index contributed by atoms with van der Waals surface area (Å²) in [6.45, 7) is 1.64. The normalized spacial score (nSPS) is 16.4. The van der Waals surface area contributed by atoms with Crippen LogP contribution in [0.15, 0.2) is 78.9 Å². The van der Waals surface area contributed by atoms with Crippen LogP contribution in [-0.2, 0) is 22.3 Å². The molecule has 0 radical (unpaired) electrons. The molecule has 8 nitrogen and oxygen atoms in total. The van der Waals surface area contributed by atoms with Gasteiger partial charge in [0.15, 0.2) is 4.84 Å². The molecule has 234 valence electrons. The molecule has 2 N–H and O–H groups in total. The lowest BCUT2D eigenvalue weighted by atomic mass is 9.80. The lowest BCUT2D eigenvalue weighted by molar-refractivity contribution is -0.137. The monoisotopic (exact) mass is 661 g/mol. The van der Waals surface area contributed by atoms with Gasteiger partial charge in [-0.1, -0.05) is 59.6 Å². The van der Waals surface area contributed by atoms with Gasteiger partial charge in [-0.25, -0.2) is 9.07 Å². The smallest absolute Gasteiger partial charge is 0.348 e. The first-order valence-electron chi connectivity index (χ1n) is 13.7. The van der Waals surface area contributed by atoms with E-state index >= 15 is 0 Å². The summed E-state index contributed by atoms with van der Waals surface area (Å²) in [5, 5.41) is 9.98. The van der Waals surface area contributed by atoms with Crippen molar-refractivity contribution in [1.29, 1.82) is 0 Å². The molecule has 14 heteroatoms. The molecule has 5 rings (SSSR count). The van der Waals surface area contributed by atoms with Crippen molar-refractivity contribution >= 4 is 46.7 Å². The highest BCUT2D eigenvalue weighted by molar-refractivity contribution is 6.53. The van der Waals surface area contributed by atoms with E-state index in [4.69, 9.17) is 28.3 Å². The number of rotatable bonds is 8. The molecule has 45 heavy (non-hydrogen) atoms. The van der Waals surface area contributed by atoms with Gasteiger partial charge in [-0.15, -0.1) is 0 Å². The van der Waals surface area contributed by atoms with Gasteiger partial charge in [-0.3, -0.25) is 19.3 Å². The number of aromatic nitrogens is 2. The average Bonchev–Trinajstić information content (AvgIpc) is 3.39. The maximum absolute atomic E-state index is 14.2. The molecular formula is C31H25Cl2F4N5O3. The Hall–Kier alpha value is -4.42. The number of nitrogens with zero attached hydrogens (tertiary/aromatic N) is 3. The van der Waals surface area contributed by atoms with Crippen molar-refractivity contribution in [2.75, 3.05) is 11.4 Å². The van der Waals surface area contributed by atoms with Crippen LogP contribution in [-0.4, -0.2) is 44.9 Å². The van der Waals surface area contributed by atoms with E-state index in [0.717, 1.165) is 12.1 Å². The number of amides is 3. The van der Waals surface area contributed by atoms with Gasteiger partial charge in [0, 0.05) is 23.6 Å². The number of fused-ring (bicyclic) bond motifs is 1. The Bertz CT molecular complexity index is 1730. The Balaban J connectivity index is 1.69. The quantitative estimate of drug-likeness (QED) is 0.186. The van der Waals surface area contributed by atoms with Crippen LogP contribution in [0.25, 0.3) is 5.69 Å². The number of alkyl halides is 5. The van der Waals surface area contributed by atoms with Crippen LogP contribution in [0, 0.1) is 5.82 Å². The fourth-order valence-electron chi connectivity index (χ4n) is 5.29. The second-order valence-corrected chi connectivity index (χ2v) is 11.2. The highest BCUT2D eigenvalue weighted by Gasteiger charge is 2.46. The first kappa shape index (κ1) is 32.0. The lowest BCUT2D eigenvalue weighted by Crippen LogP contribution is -2.55. The molecular weight excluding hydrogens is 637 g/mol. The van der Waals surface area contributed by atoms with Crippen molar-refractivity contribution in [3.8, 4) is 5.69 Å². The summed E-state index contributed by atoms with van der Waals surface area (Å²) in [6, 6.07) is 16.6. The standard InChI is InChI=1S/C31H25Cl2F4N5O3/c1-2-41-29-24(22(16-38-28(44)26(32)33)40-42(29)21-9-4-3-5-10-21)23(17-11-13-20(34)14-12-17)25(30(41)45)39-27(43)18-7-6-8-19(15-18)31(35,36)37/h3-15,23,25-26H,2,16H2,1H3,(H,38,44)(H,39,43)/t23-,25-/m0/s1. The summed E-state index contributed by atoms with van der Waals surface area (Å²) in [6.07, 6.45) is -4.70. The van der Waals surface area contributed by atoms with Gasteiger partial charge in [0.1, 0.15) is 17.7 Å². The molecule has 0 saturated carbocycles. The van der Waals surface area contributed by atoms with Crippen LogP contribution < -0.4 is 15.5 Å². The van der Waals surface area contributed by atoms with E-state index in [1.165, 1.54) is 39.9 Å². The van der Waals surface area contributed by atoms with Crippen LogP contribution in [0.2, 0.25) is 0 Å². The highest BCUT2D eigenvalue weighted by Crippen LogP contribution is 2.44. The van der Waals surface area contributed by atoms with E-state index in [1.807, 2.05) is 0 Å².